The van der Waals surface area contributed by atoms with Gasteiger partial charge in [0, 0.05) is 18.3 Å². The molecule has 6 nitrogen and oxygen atoms in total. The van der Waals surface area contributed by atoms with Crippen molar-refractivity contribution in [2.45, 2.75) is 18.6 Å². The minimum Gasteiger partial charge on any atom is -0.480 e. The molecule has 1 amide bonds. The highest BCUT2D eigenvalue weighted by atomic mass is 16.7. The van der Waals surface area contributed by atoms with Gasteiger partial charge in [-0.1, -0.05) is 6.07 Å². The second kappa shape index (κ2) is 4.29. The second-order valence-corrected chi connectivity index (χ2v) is 5.08. The van der Waals surface area contributed by atoms with Gasteiger partial charge in [-0.2, -0.15) is 0 Å². The van der Waals surface area contributed by atoms with Gasteiger partial charge < -0.3 is 19.5 Å². The Morgan fingerprint density at radius 1 is 1.40 bits per heavy atom. The molecule has 3 rings (SSSR count). The van der Waals surface area contributed by atoms with Gasteiger partial charge in [-0.15, -0.1) is 0 Å². The number of benzene rings is 1. The second-order valence-electron chi connectivity index (χ2n) is 5.08. The molecular formula is C14H15NO5. The molecular weight excluding hydrogens is 262 g/mol. The van der Waals surface area contributed by atoms with E-state index >= 15 is 0 Å². The first-order valence-corrected chi connectivity index (χ1v) is 6.37. The molecule has 6 heteroatoms. The Balaban J connectivity index is 2.09. The molecule has 1 atom stereocenters. The van der Waals surface area contributed by atoms with E-state index in [0.717, 1.165) is 5.56 Å². The van der Waals surface area contributed by atoms with E-state index in [0.29, 0.717) is 24.5 Å². The topological polar surface area (TPSA) is 76.1 Å². The fraction of sp³-hybridized carbons (Fsp3) is 0.429. The van der Waals surface area contributed by atoms with E-state index in [1.807, 2.05) is 0 Å². The maximum absolute atomic E-state index is 12.0. The van der Waals surface area contributed by atoms with Crippen LogP contribution >= 0.6 is 0 Å². The number of nitrogens with zero attached hydrogens (tertiary/aromatic N) is 1. The Hall–Kier alpha value is -1.92. The van der Waals surface area contributed by atoms with Gasteiger partial charge in [0.2, 0.25) is 5.91 Å². The molecule has 0 spiro atoms. The van der Waals surface area contributed by atoms with Crippen molar-refractivity contribution in [1.82, 2.24) is 0 Å². The molecule has 2 heterocycles. The first-order chi connectivity index (χ1) is 9.44. The number of rotatable bonds is 2. The van der Waals surface area contributed by atoms with E-state index in [1.54, 1.807) is 32.2 Å². The normalized spacial score (nSPS) is 24.0. The number of hydrogen-bond donors (Lipinski definition) is 1. The van der Waals surface area contributed by atoms with Crippen molar-refractivity contribution in [3.8, 4) is 0 Å². The Morgan fingerprint density at radius 3 is 2.65 bits per heavy atom. The average molecular weight is 277 g/mol. The van der Waals surface area contributed by atoms with Crippen LogP contribution < -0.4 is 4.90 Å². The highest BCUT2D eigenvalue weighted by Crippen LogP contribution is 2.40. The van der Waals surface area contributed by atoms with Crippen LogP contribution in [0.1, 0.15) is 24.0 Å². The maximum atomic E-state index is 12.0. The summed E-state index contributed by atoms with van der Waals surface area (Å²) >= 11 is 0. The summed E-state index contributed by atoms with van der Waals surface area (Å²) in [5.74, 6) is -3.60. The standard InChI is InChI=1S/C14H15NO5/c1-14(19-5-6-20-14)8-3-4-10-9(7-8)11(13(17)18)12(16)15(10)2/h3-4,7,11H,5-6H2,1-2H3,(H,17,18). The van der Waals surface area contributed by atoms with Gasteiger partial charge in [0.15, 0.2) is 11.7 Å². The number of anilines is 1. The summed E-state index contributed by atoms with van der Waals surface area (Å²) in [5.41, 5.74) is 1.83. The van der Waals surface area contributed by atoms with E-state index in [2.05, 4.69) is 0 Å². The highest BCUT2D eigenvalue weighted by molar-refractivity contribution is 6.15. The fourth-order valence-electron chi connectivity index (χ4n) is 2.74. The minimum absolute atomic E-state index is 0.428. The third-order valence-corrected chi connectivity index (χ3v) is 3.89. The average Bonchev–Trinajstić information content (AvgIpc) is 2.94. The lowest BCUT2D eigenvalue weighted by molar-refractivity contribution is -0.150. The summed E-state index contributed by atoms with van der Waals surface area (Å²) in [6.07, 6.45) is 0. The van der Waals surface area contributed by atoms with E-state index in [4.69, 9.17) is 9.47 Å². The zero-order valence-corrected chi connectivity index (χ0v) is 11.3. The SMILES string of the molecule is CN1C(=O)C(C(=O)O)c2cc(C3(C)OCCO3)ccc21. The Bertz CT molecular complexity index is 591. The number of likely N-dealkylation sites (N-methyl/N-ethyl adjacent to an activating group) is 1. The van der Waals surface area contributed by atoms with Crippen LogP contribution in [0.25, 0.3) is 0 Å². The molecule has 0 aliphatic carbocycles. The molecule has 106 valence electrons. The number of carbonyl (C=O) groups excluding carboxylic acids is 1. The molecule has 1 aromatic rings. The number of hydrogen-bond acceptors (Lipinski definition) is 4. The van der Waals surface area contributed by atoms with Crippen molar-refractivity contribution in [3.05, 3.63) is 29.3 Å². The summed E-state index contributed by atoms with van der Waals surface area (Å²) < 4.78 is 11.1. The molecule has 0 radical (unpaired) electrons. The lowest BCUT2D eigenvalue weighted by atomic mass is 9.96. The Labute approximate surface area is 115 Å². The van der Waals surface area contributed by atoms with Crippen molar-refractivity contribution in [3.63, 3.8) is 0 Å². The number of aliphatic carboxylic acids is 1. The maximum Gasteiger partial charge on any atom is 0.320 e. The quantitative estimate of drug-likeness (QED) is 0.818. The van der Waals surface area contributed by atoms with Gasteiger partial charge in [0.1, 0.15) is 0 Å². The van der Waals surface area contributed by atoms with E-state index in [1.165, 1.54) is 4.90 Å². The van der Waals surface area contributed by atoms with Crippen molar-refractivity contribution in [2.24, 2.45) is 0 Å². The lowest BCUT2D eigenvalue weighted by Crippen LogP contribution is -2.27. The summed E-state index contributed by atoms with van der Waals surface area (Å²) in [4.78, 5) is 24.7. The van der Waals surface area contributed by atoms with Crippen LogP contribution in [0.2, 0.25) is 0 Å². The molecule has 1 fully saturated rings. The van der Waals surface area contributed by atoms with Crippen LogP contribution in [0, 0.1) is 0 Å². The van der Waals surface area contributed by atoms with Crippen molar-refractivity contribution >= 4 is 17.6 Å². The van der Waals surface area contributed by atoms with Crippen LogP contribution in [0.15, 0.2) is 18.2 Å². The Kier molecular flexibility index (Phi) is 2.81. The van der Waals surface area contributed by atoms with Crippen LogP contribution in [-0.4, -0.2) is 37.2 Å². The fourth-order valence-corrected chi connectivity index (χ4v) is 2.74. The summed E-state index contributed by atoms with van der Waals surface area (Å²) in [6, 6.07) is 5.24. The molecule has 1 saturated heterocycles. The zero-order chi connectivity index (χ0) is 14.5. The first-order valence-electron chi connectivity index (χ1n) is 6.37. The molecule has 1 N–H and O–H groups in total. The van der Waals surface area contributed by atoms with Crippen molar-refractivity contribution in [2.75, 3.05) is 25.2 Å². The largest absolute Gasteiger partial charge is 0.480 e. The first kappa shape index (κ1) is 13.1. The molecule has 2 aliphatic rings. The summed E-state index contributed by atoms with van der Waals surface area (Å²) in [7, 11) is 1.58. The predicted molar refractivity (Wildman–Crippen MR) is 69.5 cm³/mol. The van der Waals surface area contributed by atoms with Gasteiger partial charge in [-0.3, -0.25) is 9.59 Å². The monoisotopic (exact) mass is 277 g/mol. The molecule has 1 aromatic carbocycles. The van der Waals surface area contributed by atoms with Gasteiger partial charge in [0.05, 0.1) is 13.2 Å². The highest BCUT2D eigenvalue weighted by Gasteiger charge is 2.42. The number of amides is 1. The van der Waals surface area contributed by atoms with Crippen molar-refractivity contribution in [1.29, 1.82) is 0 Å². The molecule has 20 heavy (non-hydrogen) atoms. The molecule has 2 aliphatic heterocycles. The Morgan fingerprint density at radius 2 is 2.05 bits per heavy atom. The molecule has 0 saturated carbocycles. The number of carboxylic acid groups (broad SMARTS) is 1. The van der Waals surface area contributed by atoms with Crippen LogP contribution in [0.5, 0.6) is 0 Å². The van der Waals surface area contributed by atoms with Crippen LogP contribution in [0.4, 0.5) is 5.69 Å². The summed E-state index contributed by atoms with van der Waals surface area (Å²) in [5, 5.41) is 9.26. The van der Waals surface area contributed by atoms with E-state index < -0.39 is 23.6 Å². The molecule has 0 aromatic heterocycles. The smallest absolute Gasteiger partial charge is 0.320 e. The molecule has 1 unspecified atom stereocenters. The predicted octanol–water partition coefficient (Wildman–Crippen LogP) is 1.05. The number of ether oxygens (including phenoxy) is 2. The minimum atomic E-state index is -1.15. The van der Waals surface area contributed by atoms with Gasteiger partial charge in [0.25, 0.3) is 0 Å². The van der Waals surface area contributed by atoms with Crippen LogP contribution in [0.3, 0.4) is 0 Å². The van der Waals surface area contributed by atoms with E-state index in [-0.39, 0.29) is 0 Å². The number of fused-ring (bicyclic) bond motifs is 1. The number of carboxylic acids is 1. The summed E-state index contributed by atoms with van der Waals surface area (Å²) in [6.45, 7) is 2.78. The lowest BCUT2D eigenvalue weighted by Gasteiger charge is -2.23. The van der Waals surface area contributed by atoms with Crippen molar-refractivity contribution < 1.29 is 24.2 Å². The zero-order valence-electron chi connectivity index (χ0n) is 11.3. The molecule has 0 bridgehead atoms. The third-order valence-electron chi connectivity index (χ3n) is 3.89. The third kappa shape index (κ3) is 1.72. The van der Waals surface area contributed by atoms with Gasteiger partial charge in [-0.05, 0) is 24.6 Å². The van der Waals surface area contributed by atoms with Crippen LogP contribution in [-0.2, 0) is 24.8 Å². The number of carbonyl (C=O) groups is 2. The van der Waals surface area contributed by atoms with Gasteiger partial charge >= 0.3 is 5.97 Å². The van der Waals surface area contributed by atoms with E-state index in [9.17, 15) is 14.7 Å². The van der Waals surface area contributed by atoms with Gasteiger partial charge in [-0.25, -0.2) is 0 Å².